The average Bonchev–Trinajstić information content (AvgIpc) is 2.92. The van der Waals surface area contributed by atoms with Crippen molar-refractivity contribution in [3.05, 3.63) is 24.3 Å². The number of rotatable bonds is 3. The molecule has 20 heavy (non-hydrogen) atoms. The molecule has 2 heterocycles. The molecule has 1 aliphatic rings. The van der Waals surface area contributed by atoms with Crippen LogP contribution in [0, 0.1) is 0 Å². The molecule has 0 unspecified atom stereocenters. The van der Waals surface area contributed by atoms with Crippen molar-refractivity contribution in [3.63, 3.8) is 0 Å². The normalized spacial score (nSPS) is 21.4. The maximum Gasteiger partial charge on any atom is 0.277 e. The van der Waals surface area contributed by atoms with Gasteiger partial charge in [-0.3, -0.25) is 0 Å². The summed E-state index contributed by atoms with van der Waals surface area (Å²) in [5, 5.41) is 0.0130. The maximum absolute atomic E-state index is 12.7. The summed E-state index contributed by atoms with van der Waals surface area (Å²) >= 11 is 0. The predicted octanol–water partition coefficient (Wildman–Crippen LogP) is 1.06. The Morgan fingerprint density at radius 2 is 2.15 bits per heavy atom. The van der Waals surface area contributed by atoms with Crippen LogP contribution < -0.4 is 5.73 Å². The number of hydrogen-bond acceptors (Lipinski definition) is 4. The fraction of sp³-hybridized carbons (Fsp3) is 0.462. The third-order valence-corrected chi connectivity index (χ3v) is 5.55. The second-order valence-electron chi connectivity index (χ2n) is 5.06. The molecule has 108 valence electrons. The van der Waals surface area contributed by atoms with E-state index in [9.17, 15) is 8.42 Å². The number of aromatic amines is 1. The molecule has 1 atom stereocenters. The molecule has 3 N–H and O–H groups in total. The monoisotopic (exact) mass is 294 g/mol. The lowest BCUT2D eigenvalue weighted by Crippen LogP contribution is -2.47. The van der Waals surface area contributed by atoms with Gasteiger partial charge in [0.15, 0.2) is 0 Å². The van der Waals surface area contributed by atoms with Gasteiger partial charge in [-0.1, -0.05) is 18.6 Å². The van der Waals surface area contributed by atoms with E-state index in [1.54, 1.807) is 6.07 Å². The lowest BCUT2D eigenvalue weighted by molar-refractivity contribution is 0.256. The first-order valence-corrected chi connectivity index (χ1v) is 8.23. The molecule has 0 spiro atoms. The molecular formula is C13H18N4O2S. The lowest BCUT2D eigenvalue weighted by atomic mass is 10.1. The van der Waals surface area contributed by atoms with E-state index < -0.39 is 10.0 Å². The van der Waals surface area contributed by atoms with E-state index in [0.29, 0.717) is 18.6 Å². The SMILES string of the molecule is NC[C@@H]1CCCCN1S(=O)(=O)c1nc2ccccc2[nH]1. The van der Waals surface area contributed by atoms with Gasteiger partial charge in [0, 0.05) is 19.1 Å². The quantitative estimate of drug-likeness (QED) is 0.885. The zero-order chi connectivity index (χ0) is 14.2. The Labute approximate surface area is 118 Å². The van der Waals surface area contributed by atoms with Gasteiger partial charge in [-0.05, 0) is 25.0 Å². The number of nitrogens with two attached hydrogens (primary N) is 1. The summed E-state index contributed by atoms with van der Waals surface area (Å²) in [6, 6.07) is 7.17. The highest BCUT2D eigenvalue weighted by Gasteiger charge is 2.34. The van der Waals surface area contributed by atoms with Crippen LogP contribution in [0.1, 0.15) is 19.3 Å². The van der Waals surface area contributed by atoms with Crippen molar-refractivity contribution in [2.24, 2.45) is 5.73 Å². The molecule has 0 amide bonds. The highest BCUT2D eigenvalue weighted by atomic mass is 32.2. The minimum absolute atomic E-state index is 0.0130. The molecular weight excluding hydrogens is 276 g/mol. The average molecular weight is 294 g/mol. The number of hydrogen-bond donors (Lipinski definition) is 2. The number of nitrogens with zero attached hydrogens (tertiary/aromatic N) is 2. The van der Waals surface area contributed by atoms with Crippen LogP contribution in [0.4, 0.5) is 0 Å². The molecule has 7 heteroatoms. The van der Waals surface area contributed by atoms with E-state index in [0.717, 1.165) is 24.8 Å². The fourth-order valence-electron chi connectivity index (χ4n) is 2.69. The highest BCUT2D eigenvalue weighted by molar-refractivity contribution is 7.89. The maximum atomic E-state index is 12.7. The Hall–Kier alpha value is -1.44. The second-order valence-corrected chi connectivity index (χ2v) is 6.87. The Balaban J connectivity index is 2.01. The summed E-state index contributed by atoms with van der Waals surface area (Å²) < 4.78 is 26.9. The van der Waals surface area contributed by atoms with Gasteiger partial charge in [0.2, 0.25) is 5.16 Å². The van der Waals surface area contributed by atoms with Crippen molar-refractivity contribution in [1.29, 1.82) is 0 Å². The topological polar surface area (TPSA) is 92.1 Å². The van der Waals surface area contributed by atoms with Crippen LogP contribution in [0.2, 0.25) is 0 Å². The summed E-state index contributed by atoms with van der Waals surface area (Å²) in [4.78, 5) is 7.10. The van der Waals surface area contributed by atoms with Crippen molar-refractivity contribution < 1.29 is 8.42 Å². The number of fused-ring (bicyclic) bond motifs is 1. The molecule has 0 bridgehead atoms. The molecule has 1 aromatic heterocycles. The zero-order valence-electron chi connectivity index (χ0n) is 11.1. The standard InChI is InChI=1S/C13H18N4O2S/c14-9-10-5-3-4-8-17(10)20(18,19)13-15-11-6-1-2-7-12(11)16-13/h1-2,6-7,10H,3-5,8-9,14H2,(H,15,16)/t10-/m0/s1. The molecule has 0 radical (unpaired) electrons. The van der Waals surface area contributed by atoms with Crippen LogP contribution in [0.3, 0.4) is 0 Å². The van der Waals surface area contributed by atoms with Crippen molar-refractivity contribution >= 4 is 21.1 Å². The van der Waals surface area contributed by atoms with Crippen LogP contribution in [0.25, 0.3) is 11.0 Å². The van der Waals surface area contributed by atoms with E-state index in [-0.39, 0.29) is 11.2 Å². The largest absolute Gasteiger partial charge is 0.329 e. The van der Waals surface area contributed by atoms with Crippen LogP contribution in [-0.2, 0) is 10.0 Å². The Kier molecular flexibility index (Phi) is 3.49. The van der Waals surface area contributed by atoms with Crippen molar-refractivity contribution in [1.82, 2.24) is 14.3 Å². The molecule has 1 aliphatic heterocycles. The number of aromatic nitrogens is 2. The van der Waals surface area contributed by atoms with Crippen LogP contribution in [0.5, 0.6) is 0 Å². The van der Waals surface area contributed by atoms with Gasteiger partial charge in [0.25, 0.3) is 10.0 Å². The number of piperidine rings is 1. The Morgan fingerprint density at radius 1 is 1.35 bits per heavy atom. The summed E-state index contributed by atoms with van der Waals surface area (Å²) in [5.74, 6) is 0. The van der Waals surface area contributed by atoms with Gasteiger partial charge in [-0.2, -0.15) is 4.31 Å². The molecule has 6 nitrogen and oxygen atoms in total. The van der Waals surface area contributed by atoms with Crippen molar-refractivity contribution in [3.8, 4) is 0 Å². The molecule has 1 saturated heterocycles. The smallest absolute Gasteiger partial charge is 0.277 e. The number of para-hydroxylation sites is 2. The molecule has 1 aromatic carbocycles. The first kappa shape index (κ1) is 13.5. The second kappa shape index (κ2) is 5.16. The van der Waals surface area contributed by atoms with Gasteiger partial charge in [0.1, 0.15) is 0 Å². The lowest BCUT2D eigenvalue weighted by Gasteiger charge is -2.32. The number of sulfonamides is 1. The highest BCUT2D eigenvalue weighted by Crippen LogP contribution is 2.24. The van der Waals surface area contributed by atoms with Crippen molar-refractivity contribution in [2.75, 3.05) is 13.1 Å². The minimum atomic E-state index is -3.60. The van der Waals surface area contributed by atoms with Crippen molar-refractivity contribution in [2.45, 2.75) is 30.5 Å². The first-order valence-electron chi connectivity index (χ1n) is 6.79. The van der Waals surface area contributed by atoms with E-state index >= 15 is 0 Å². The third-order valence-electron chi connectivity index (χ3n) is 3.77. The minimum Gasteiger partial charge on any atom is -0.329 e. The van der Waals surface area contributed by atoms with E-state index in [1.165, 1.54) is 4.31 Å². The first-order chi connectivity index (χ1) is 9.63. The van der Waals surface area contributed by atoms with E-state index in [1.807, 2.05) is 18.2 Å². The molecule has 0 aliphatic carbocycles. The molecule has 0 saturated carbocycles. The van der Waals surface area contributed by atoms with Crippen LogP contribution in [-0.4, -0.2) is 41.8 Å². The molecule has 1 fully saturated rings. The number of imidazole rings is 1. The summed E-state index contributed by atoms with van der Waals surface area (Å²) in [7, 11) is -3.60. The Bertz CT molecular complexity index is 677. The summed E-state index contributed by atoms with van der Waals surface area (Å²) in [5.41, 5.74) is 7.10. The van der Waals surface area contributed by atoms with Crippen LogP contribution in [0.15, 0.2) is 29.4 Å². The number of H-pyrrole nitrogens is 1. The molecule has 2 aromatic rings. The third kappa shape index (κ3) is 2.21. The van der Waals surface area contributed by atoms with E-state index in [2.05, 4.69) is 9.97 Å². The number of benzene rings is 1. The molecule has 3 rings (SSSR count). The zero-order valence-corrected chi connectivity index (χ0v) is 11.9. The van der Waals surface area contributed by atoms with Gasteiger partial charge < -0.3 is 10.7 Å². The predicted molar refractivity (Wildman–Crippen MR) is 76.7 cm³/mol. The summed E-state index contributed by atoms with van der Waals surface area (Å²) in [6.45, 7) is 0.862. The fourth-order valence-corrected chi connectivity index (χ4v) is 4.32. The van der Waals surface area contributed by atoms with Gasteiger partial charge in [-0.15, -0.1) is 0 Å². The van der Waals surface area contributed by atoms with Crippen LogP contribution >= 0.6 is 0 Å². The Morgan fingerprint density at radius 3 is 2.90 bits per heavy atom. The van der Waals surface area contributed by atoms with Gasteiger partial charge >= 0.3 is 0 Å². The summed E-state index contributed by atoms with van der Waals surface area (Å²) in [6.07, 6.45) is 2.71. The van der Waals surface area contributed by atoms with Gasteiger partial charge in [-0.25, -0.2) is 13.4 Å². The number of nitrogens with one attached hydrogen (secondary N) is 1. The van der Waals surface area contributed by atoms with Gasteiger partial charge in [0.05, 0.1) is 11.0 Å². The van der Waals surface area contributed by atoms with E-state index in [4.69, 9.17) is 5.73 Å².